The molecule has 0 aliphatic carbocycles. The fourth-order valence-electron chi connectivity index (χ4n) is 1.87. The molecule has 3 N–H and O–H groups in total. The Balaban J connectivity index is 2.01. The minimum atomic E-state index is -3.53. The lowest BCUT2D eigenvalue weighted by Gasteiger charge is -2.21. The van der Waals surface area contributed by atoms with Gasteiger partial charge in [-0.25, -0.2) is 13.1 Å². The molecule has 1 fully saturated rings. The summed E-state index contributed by atoms with van der Waals surface area (Å²) >= 11 is 1.92. The fourth-order valence-corrected chi connectivity index (χ4v) is 4.26. The fraction of sp³-hybridized carbons (Fsp3) is 0.545. The first-order valence-electron chi connectivity index (χ1n) is 5.86. The summed E-state index contributed by atoms with van der Waals surface area (Å²) in [7, 11) is -3.53. The Labute approximate surface area is 112 Å². The number of pyridine rings is 1. The Morgan fingerprint density at radius 3 is 2.83 bits per heavy atom. The molecule has 1 saturated heterocycles. The van der Waals surface area contributed by atoms with Crippen molar-refractivity contribution < 1.29 is 8.42 Å². The van der Waals surface area contributed by atoms with Gasteiger partial charge in [-0.2, -0.15) is 11.8 Å². The van der Waals surface area contributed by atoms with E-state index < -0.39 is 10.0 Å². The van der Waals surface area contributed by atoms with Crippen LogP contribution < -0.4 is 10.5 Å². The van der Waals surface area contributed by atoms with Gasteiger partial charge in [0.25, 0.3) is 0 Å². The van der Waals surface area contributed by atoms with Crippen molar-refractivity contribution in [2.75, 3.05) is 23.8 Å². The van der Waals surface area contributed by atoms with Gasteiger partial charge in [0.2, 0.25) is 10.0 Å². The zero-order valence-corrected chi connectivity index (χ0v) is 11.6. The Hall–Kier alpha value is -0.790. The molecule has 1 aliphatic rings. The van der Waals surface area contributed by atoms with E-state index >= 15 is 0 Å². The molecular formula is C11H17N3O2S2. The van der Waals surface area contributed by atoms with E-state index in [1.54, 1.807) is 0 Å². The van der Waals surface area contributed by atoms with Crippen molar-refractivity contribution in [2.24, 2.45) is 5.92 Å². The molecule has 0 amide bonds. The number of nitrogen functional groups attached to an aromatic ring is 1. The zero-order chi connectivity index (χ0) is 13.0. The highest BCUT2D eigenvalue weighted by Crippen LogP contribution is 2.23. The third-order valence-electron chi connectivity index (χ3n) is 3.01. The highest BCUT2D eigenvalue weighted by atomic mass is 32.2. The molecule has 0 saturated carbocycles. The lowest BCUT2D eigenvalue weighted by molar-refractivity contribution is 0.476. The number of anilines is 1. The van der Waals surface area contributed by atoms with E-state index in [0.717, 1.165) is 24.3 Å². The minimum absolute atomic E-state index is 0.0650. The zero-order valence-electron chi connectivity index (χ0n) is 10.0. The van der Waals surface area contributed by atoms with E-state index in [-0.39, 0.29) is 10.6 Å². The summed E-state index contributed by atoms with van der Waals surface area (Å²) in [6.07, 6.45) is 4.90. The van der Waals surface area contributed by atoms with Crippen molar-refractivity contribution in [2.45, 2.75) is 17.7 Å². The Morgan fingerprint density at radius 2 is 2.17 bits per heavy atom. The molecule has 0 spiro atoms. The number of thioether (sulfide) groups is 1. The first kappa shape index (κ1) is 13.6. The van der Waals surface area contributed by atoms with E-state index in [2.05, 4.69) is 9.71 Å². The Bertz CT molecular complexity index is 499. The highest BCUT2D eigenvalue weighted by Gasteiger charge is 2.20. The molecule has 0 bridgehead atoms. The van der Waals surface area contributed by atoms with Crippen LogP contribution in [0.2, 0.25) is 0 Å². The summed E-state index contributed by atoms with van der Waals surface area (Å²) in [5, 5.41) is 0. The van der Waals surface area contributed by atoms with Gasteiger partial charge in [0.1, 0.15) is 4.90 Å². The molecule has 1 aliphatic heterocycles. The molecule has 0 radical (unpaired) electrons. The van der Waals surface area contributed by atoms with E-state index in [9.17, 15) is 8.42 Å². The van der Waals surface area contributed by atoms with E-state index in [0.29, 0.717) is 12.5 Å². The first-order chi connectivity index (χ1) is 8.59. The smallest absolute Gasteiger partial charge is 0.244 e. The van der Waals surface area contributed by atoms with Crippen molar-refractivity contribution in [3.63, 3.8) is 0 Å². The molecule has 100 valence electrons. The number of nitrogens with two attached hydrogens (primary N) is 1. The standard InChI is InChI=1S/C11H17N3O2S2/c12-10-1-4-13-8-11(10)18(15,16)14-7-9-2-5-17-6-3-9/h1,4,8-9,14H,2-3,5-7H2,(H2,12,13). The molecule has 1 aromatic heterocycles. The van der Waals surface area contributed by atoms with Gasteiger partial charge in [0.05, 0.1) is 5.69 Å². The predicted octanol–water partition coefficient (Wildman–Crippen LogP) is 1.09. The van der Waals surface area contributed by atoms with Gasteiger partial charge in [-0.1, -0.05) is 0 Å². The molecule has 2 heterocycles. The Morgan fingerprint density at radius 1 is 1.44 bits per heavy atom. The third kappa shape index (κ3) is 3.37. The molecule has 5 nitrogen and oxygen atoms in total. The van der Waals surface area contributed by atoms with Crippen molar-refractivity contribution >= 4 is 27.5 Å². The van der Waals surface area contributed by atoms with Gasteiger partial charge in [-0.15, -0.1) is 0 Å². The lowest BCUT2D eigenvalue weighted by Crippen LogP contribution is -2.31. The quantitative estimate of drug-likeness (QED) is 0.865. The summed E-state index contributed by atoms with van der Waals surface area (Å²) in [6, 6.07) is 1.49. The van der Waals surface area contributed by atoms with Crippen molar-refractivity contribution in [3.05, 3.63) is 18.5 Å². The number of rotatable bonds is 4. The molecule has 0 aromatic carbocycles. The maximum absolute atomic E-state index is 12.1. The summed E-state index contributed by atoms with van der Waals surface area (Å²) in [5.41, 5.74) is 5.89. The van der Waals surface area contributed by atoms with E-state index in [1.807, 2.05) is 11.8 Å². The minimum Gasteiger partial charge on any atom is -0.398 e. The molecule has 7 heteroatoms. The summed E-state index contributed by atoms with van der Waals surface area (Å²) in [4.78, 5) is 3.87. The molecule has 0 unspecified atom stereocenters. The van der Waals surface area contributed by atoms with Crippen molar-refractivity contribution in [1.82, 2.24) is 9.71 Å². The monoisotopic (exact) mass is 287 g/mol. The number of hydrogen-bond acceptors (Lipinski definition) is 5. The van der Waals surface area contributed by atoms with E-state index in [1.165, 1.54) is 18.5 Å². The van der Waals surface area contributed by atoms with Crippen LogP contribution in [-0.4, -0.2) is 31.5 Å². The largest absolute Gasteiger partial charge is 0.398 e. The third-order valence-corrected chi connectivity index (χ3v) is 5.52. The molecule has 1 aromatic rings. The SMILES string of the molecule is Nc1ccncc1S(=O)(=O)NCC1CCSCC1. The van der Waals surface area contributed by atoms with Crippen LogP contribution in [0.5, 0.6) is 0 Å². The normalized spacial score (nSPS) is 17.8. The first-order valence-corrected chi connectivity index (χ1v) is 8.50. The van der Waals surface area contributed by atoms with Gasteiger partial charge in [0, 0.05) is 18.9 Å². The van der Waals surface area contributed by atoms with Crippen LogP contribution in [0, 0.1) is 5.92 Å². The second kappa shape index (κ2) is 5.90. The summed E-state index contributed by atoms with van der Waals surface area (Å²) in [5.74, 6) is 2.65. The van der Waals surface area contributed by atoms with Crippen LogP contribution in [0.3, 0.4) is 0 Å². The van der Waals surface area contributed by atoms with E-state index in [4.69, 9.17) is 5.73 Å². The molecule has 2 rings (SSSR count). The number of hydrogen-bond donors (Lipinski definition) is 2. The summed E-state index contributed by atoms with van der Waals surface area (Å²) in [6.45, 7) is 0.483. The van der Waals surface area contributed by atoms with Crippen LogP contribution in [0.15, 0.2) is 23.4 Å². The van der Waals surface area contributed by atoms with Gasteiger partial charge in [-0.05, 0) is 36.3 Å². The van der Waals surface area contributed by atoms with Gasteiger partial charge >= 0.3 is 0 Å². The predicted molar refractivity (Wildman–Crippen MR) is 73.9 cm³/mol. The van der Waals surface area contributed by atoms with Crippen LogP contribution in [0.4, 0.5) is 5.69 Å². The molecule has 0 atom stereocenters. The Kier molecular flexibility index (Phi) is 4.47. The lowest BCUT2D eigenvalue weighted by atomic mass is 10.0. The van der Waals surface area contributed by atoms with Crippen molar-refractivity contribution in [1.29, 1.82) is 0 Å². The topological polar surface area (TPSA) is 85.1 Å². The number of nitrogens with zero attached hydrogens (tertiary/aromatic N) is 1. The molecule has 18 heavy (non-hydrogen) atoms. The number of nitrogens with one attached hydrogen (secondary N) is 1. The van der Waals surface area contributed by atoms with Crippen LogP contribution in [0.25, 0.3) is 0 Å². The van der Waals surface area contributed by atoms with Crippen LogP contribution >= 0.6 is 11.8 Å². The van der Waals surface area contributed by atoms with Crippen molar-refractivity contribution in [3.8, 4) is 0 Å². The van der Waals surface area contributed by atoms with Gasteiger partial charge in [-0.3, -0.25) is 4.98 Å². The summed E-state index contributed by atoms with van der Waals surface area (Å²) < 4.78 is 26.7. The van der Waals surface area contributed by atoms with Crippen LogP contribution in [-0.2, 0) is 10.0 Å². The highest BCUT2D eigenvalue weighted by molar-refractivity contribution is 7.99. The number of aromatic nitrogens is 1. The van der Waals surface area contributed by atoms with Crippen LogP contribution in [0.1, 0.15) is 12.8 Å². The second-order valence-electron chi connectivity index (χ2n) is 4.32. The maximum atomic E-state index is 12.1. The van der Waals surface area contributed by atoms with Gasteiger partial charge < -0.3 is 5.73 Å². The average Bonchev–Trinajstić information content (AvgIpc) is 2.38. The number of sulfonamides is 1. The van der Waals surface area contributed by atoms with Gasteiger partial charge in [0.15, 0.2) is 0 Å². The second-order valence-corrected chi connectivity index (χ2v) is 7.28. The maximum Gasteiger partial charge on any atom is 0.244 e. The molecular weight excluding hydrogens is 270 g/mol. The average molecular weight is 287 g/mol.